The van der Waals surface area contributed by atoms with Crippen LogP contribution in [0.5, 0.6) is 0 Å². The second-order valence-electron chi connectivity index (χ2n) is 3.90. The molecule has 1 atom stereocenters. The molecule has 0 saturated heterocycles. The van der Waals surface area contributed by atoms with Gasteiger partial charge in [-0.3, -0.25) is 0 Å². The normalized spacial score (nSPS) is 13.6. The number of benzene rings is 1. The summed E-state index contributed by atoms with van der Waals surface area (Å²) in [6.07, 6.45) is 0.636. The average molecular weight is 260 g/mol. The maximum Gasteiger partial charge on any atom is 0.243 e. The monoisotopic (exact) mass is 260 g/mol. The molecule has 0 aliphatic heterocycles. The van der Waals surface area contributed by atoms with Crippen LogP contribution in [0.3, 0.4) is 0 Å². The van der Waals surface area contributed by atoms with Gasteiger partial charge in [-0.2, -0.15) is 0 Å². The van der Waals surface area contributed by atoms with Gasteiger partial charge in [0.25, 0.3) is 0 Å². The first-order valence-corrected chi connectivity index (χ1v) is 6.89. The molecule has 0 aliphatic rings. The van der Waals surface area contributed by atoms with Crippen molar-refractivity contribution in [3.05, 3.63) is 29.6 Å². The van der Waals surface area contributed by atoms with Gasteiger partial charge in [-0.1, -0.05) is 13.0 Å². The molecule has 1 unspecified atom stereocenters. The van der Waals surface area contributed by atoms with E-state index < -0.39 is 15.8 Å². The van der Waals surface area contributed by atoms with Gasteiger partial charge < -0.3 is 5.73 Å². The van der Waals surface area contributed by atoms with Crippen LogP contribution in [0.2, 0.25) is 0 Å². The first-order valence-electron chi connectivity index (χ1n) is 5.41. The molecule has 0 saturated carbocycles. The summed E-state index contributed by atoms with van der Waals surface area (Å²) in [5, 5.41) is 0. The standard InChI is InChI=1S/C11H17FN2O2S/c1-3-8(2)14-17(15,16)11-6-9(7-13)4-5-10(11)12/h4-6,8,14H,3,7,13H2,1-2H3. The third-order valence-corrected chi connectivity index (χ3v) is 4.09. The molecule has 1 aromatic rings. The summed E-state index contributed by atoms with van der Waals surface area (Å²) in [5.41, 5.74) is 5.98. The van der Waals surface area contributed by atoms with Crippen molar-refractivity contribution in [2.45, 2.75) is 37.8 Å². The molecule has 0 radical (unpaired) electrons. The molecule has 0 aromatic heterocycles. The lowest BCUT2D eigenvalue weighted by Crippen LogP contribution is -2.32. The highest BCUT2D eigenvalue weighted by atomic mass is 32.2. The van der Waals surface area contributed by atoms with Crippen LogP contribution in [0, 0.1) is 5.82 Å². The van der Waals surface area contributed by atoms with Gasteiger partial charge >= 0.3 is 0 Å². The van der Waals surface area contributed by atoms with E-state index >= 15 is 0 Å². The number of nitrogens with one attached hydrogen (secondary N) is 1. The molecule has 4 nitrogen and oxygen atoms in total. The molecule has 0 fully saturated rings. The van der Waals surface area contributed by atoms with Crippen LogP contribution < -0.4 is 10.5 Å². The van der Waals surface area contributed by atoms with Gasteiger partial charge in [0.15, 0.2) is 0 Å². The molecule has 0 bridgehead atoms. The summed E-state index contributed by atoms with van der Waals surface area (Å²) in [7, 11) is -3.82. The number of nitrogens with two attached hydrogens (primary N) is 1. The Balaban J connectivity index is 3.14. The smallest absolute Gasteiger partial charge is 0.243 e. The van der Waals surface area contributed by atoms with Crippen molar-refractivity contribution in [1.29, 1.82) is 0 Å². The largest absolute Gasteiger partial charge is 0.326 e. The highest BCUT2D eigenvalue weighted by Crippen LogP contribution is 2.16. The Morgan fingerprint density at radius 3 is 2.65 bits per heavy atom. The fraction of sp³-hybridized carbons (Fsp3) is 0.455. The number of sulfonamides is 1. The number of halogens is 1. The third-order valence-electron chi connectivity index (χ3n) is 2.49. The van der Waals surface area contributed by atoms with Crippen molar-refractivity contribution in [2.24, 2.45) is 5.73 Å². The van der Waals surface area contributed by atoms with Crippen LogP contribution in [0.15, 0.2) is 23.1 Å². The fourth-order valence-electron chi connectivity index (χ4n) is 1.29. The lowest BCUT2D eigenvalue weighted by molar-refractivity contribution is 0.539. The van der Waals surface area contributed by atoms with Gasteiger partial charge in [-0.15, -0.1) is 0 Å². The Morgan fingerprint density at radius 2 is 2.12 bits per heavy atom. The van der Waals surface area contributed by atoms with E-state index in [-0.39, 0.29) is 17.5 Å². The summed E-state index contributed by atoms with van der Waals surface area (Å²) in [6, 6.07) is 3.62. The Morgan fingerprint density at radius 1 is 1.47 bits per heavy atom. The van der Waals surface area contributed by atoms with E-state index in [1.54, 1.807) is 6.92 Å². The number of hydrogen-bond acceptors (Lipinski definition) is 3. The number of hydrogen-bond donors (Lipinski definition) is 2. The van der Waals surface area contributed by atoms with E-state index in [1.165, 1.54) is 12.1 Å². The maximum absolute atomic E-state index is 13.5. The van der Waals surface area contributed by atoms with Crippen molar-refractivity contribution in [3.8, 4) is 0 Å². The minimum atomic E-state index is -3.82. The highest BCUT2D eigenvalue weighted by Gasteiger charge is 2.20. The molecule has 0 amide bonds. The van der Waals surface area contributed by atoms with Crippen molar-refractivity contribution >= 4 is 10.0 Å². The zero-order valence-corrected chi connectivity index (χ0v) is 10.7. The van der Waals surface area contributed by atoms with Crippen molar-refractivity contribution in [3.63, 3.8) is 0 Å². The van der Waals surface area contributed by atoms with Crippen LogP contribution >= 0.6 is 0 Å². The Hall–Kier alpha value is -0.980. The Kier molecular flexibility index (Phi) is 4.62. The second kappa shape index (κ2) is 5.57. The van der Waals surface area contributed by atoms with E-state index in [4.69, 9.17) is 5.73 Å². The zero-order chi connectivity index (χ0) is 13.1. The molecule has 0 heterocycles. The van der Waals surface area contributed by atoms with E-state index in [9.17, 15) is 12.8 Å². The molecule has 17 heavy (non-hydrogen) atoms. The Bertz CT molecular complexity index is 488. The van der Waals surface area contributed by atoms with Crippen LogP contribution in [0.25, 0.3) is 0 Å². The molecular weight excluding hydrogens is 243 g/mol. The first-order chi connectivity index (χ1) is 7.90. The van der Waals surface area contributed by atoms with Gasteiger partial charge in [0.2, 0.25) is 10.0 Å². The summed E-state index contributed by atoms with van der Waals surface area (Å²) in [5.74, 6) is -0.766. The van der Waals surface area contributed by atoms with Gasteiger partial charge in [-0.05, 0) is 31.0 Å². The minimum absolute atomic E-state index is 0.173. The molecule has 0 aliphatic carbocycles. The quantitative estimate of drug-likeness (QED) is 0.839. The maximum atomic E-state index is 13.5. The summed E-state index contributed by atoms with van der Waals surface area (Å²) >= 11 is 0. The van der Waals surface area contributed by atoms with Crippen molar-refractivity contribution in [1.82, 2.24) is 4.72 Å². The number of rotatable bonds is 5. The van der Waals surface area contributed by atoms with Crippen LogP contribution in [0.1, 0.15) is 25.8 Å². The Labute approximate surface area is 101 Å². The highest BCUT2D eigenvalue weighted by molar-refractivity contribution is 7.89. The molecule has 1 aromatic carbocycles. The van der Waals surface area contributed by atoms with Gasteiger partial charge in [0, 0.05) is 12.6 Å². The van der Waals surface area contributed by atoms with Gasteiger partial charge in [-0.25, -0.2) is 17.5 Å². The van der Waals surface area contributed by atoms with E-state index in [0.29, 0.717) is 12.0 Å². The average Bonchev–Trinajstić information content (AvgIpc) is 2.28. The van der Waals surface area contributed by atoms with Crippen LogP contribution in [-0.4, -0.2) is 14.5 Å². The van der Waals surface area contributed by atoms with Crippen LogP contribution in [-0.2, 0) is 16.6 Å². The molecule has 96 valence electrons. The lowest BCUT2D eigenvalue weighted by atomic mass is 10.2. The predicted octanol–water partition coefficient (Wildman–Crippen LogP) is 1.36. The van der Waals surface area contributed by atoms with E-state index in [1.807, 2.05) is 6.92 Å². The predicted molar refractivity (Wildman–Crippen MR) is 64.4 cm³/mol. The first kappa shape index (κ1) is 14.1. The topological polar surface area (TPSA) is 72.2 Å². The molecule has 1 rings (SSSR count). The lowest BCUT2D eigenvalue weighted by Gasteiger charge is -2.13. The van der Waals surface area contributed by atoms with Gasteiger partial charge in [0.1, 0.15) is 10.7 Å². The van der Waals surface area contributed by atoms with Crippen molar-refractivity contribution in [2.75, 3.05) is 0 Å². The molecule has 3 N–H and O–H groups in total. The molecule has 6 heteroatoms. The van der Waals surface area contributed by atoms with E-state index in [2.05, 4.69) is 4.72 Å². The van der Waals surface area contributed by atoms with Crippen molar-refractivity contribution < 1.29 is 12.8 Å². The van der Waals surface area contributed by atoms with Gasteiger partial charge in [0.05, 0.1) is 0 Å². The SMILES string of the molecule is CCC(C)NS(=O)(=O)c1cc(CN)ccc1F. The third kappa shape index (κ3) is 3.49. The summed E-state index contributed by atoms with van der Waals surface area (Å²) in [6.45, 7) is 3.74. The fourth-order valence-corrected chi connectivity index (χ4v) is 2.75. The second-order valence-corrected chi connectivity index (χ2v) is 5.58. The summed E-state index contributed by atoms with van der Waals surface area (Å²) < 4.78 is 39.7. The zero-order valence-electron chi connectivity index (χ0n) is 9.90. The molecular formula is C11H17FN2O2S. The van der Waals surface area contributed by atoms with E-state index in [0.717, 1.165) is 6.07 Å². The summed E-state index contributed by atoms with van der Waals surface area (Å²) in [4.78, 5) is -0.347. The molecule has 0 spiro atoms. The minimum Gasteiger partial charge on any atom is -0.326 e. The van der Waals surface area contributed by atoms with Crippen LogP contribution in [0.4, 0.5) is 4.39 Å².